The van der Waals surface area contributed by atoms with Gasteiger partial charge in [0.2, 0.25) is 0 Å². The van der Waals surface area contributed by atoms with Crippen molar-refractivity contribution in [3.63, 3.8) is 0 Å². The van der Waals surface area contributed by atoms with Gasteiger partial charge in [0.05, 0.1) is 16.9 Å². The van der Waals surface area contributed by atoms with Crippen molar-refractivity contribution in [1.29, 1.82) is 0 Å². The van der Waals surface area contributed by atoms with E-state index in [1.165, 1.54) is 32.1 Å². The van der Waals surface area contributed by atoms with Crippen LogP contribution in [0.2, 0.25) is 10.0 Å². The normalized spacial score (nSPS) is 14.7. The molecule has 1 fully saturated rings. The van der Waals surface area contributed by atoms with E-state index >= 15 is 0 Å². The molecule has 26 heavy (non-hydrogen) atoms. The summed E-state index contributed by atoms with van der Waals surface area (Å²) in [5.74, 6) is 0.960. The van der Waals surface area contributed by atoms with Gasteiger partial charge in [0.1, 0.15) is 11.6 Å². The number of carbonyl (C=O) groups is 1. The van der Waals surface area contributed by atoms with Crippen LogP contribution in [0, 0.1) is 0 Å². The fourth-order valence-electron chi connectivity index (χ4n) is 2.94. The summed E-state index contributed by atoms with van der Waals surface area (Å²) in [5, 5.41) is 7.07. The highest BCUT2D eigenvalue weighted by molar-refractivity contribution is 6.35. The Morgan fingerprint density at radius 1 is 1.15 bits per heavy atom. The molecule has 7 heteroatoms. The van der Waals surface area contributed by atoms with Gasteiger partial charge < -0.3 is 15.4 Å². The van der Waals surface area contributed by atoms with Gasteiger partial charge in [-0.3, -0.25) is 4.79 Å². The lowest BCUT2D eigenvalue weighted by atomic mass is 9.95. The molecule has 0 saturated heterocycles. The van der Waals surface area contributed by atoms with Crippen LogP contribution in [0.25, 0.3) is 0 Å². The summed E-state index contributed by atoms with van der Waals surface area (Å²) in [6.07, 6.45) is 7.86. The first-order valence-electron chi connectivity index (χ1n) is 8.70. The number of carbonyl (C=O) groups excluding carboxylic acids is 1. The summed E-state index contributed by atoms with van der Waals surface area (Å²) in [4.78, 5) is 16.4. The molecule has 1 amide bonds. The molecule has 1 heterocycles. The van der Waals surface area contributed by atoms with Crippen LogP contribution in [-0.2, 0) is 4.79 Å². The Morgan fingerprint density at radius 3 is 2.65 bits per heavy atom. The van der Waals surface area contributed by atoms with Crippen LogP contribution in [0.3, 0.4) is 0 Å². The van der Waals surface area contributed by atoms with Crippen LogP contribution in [0.15, 0.2) is 36.5 Å². The molecule has 0 atom stereocenters. The van der Waals surface area contributed by atoms with E-state index in [9.17, 15) is 4.79 Å². The molecule has 138 valence electrons. The second-order valence-electron chi connectivity index (χ2n) is 6.32. The average Bonchev–Trinajstić information content (AvgIpc) is 2.63. The number of hydrogen-bond acceptors (Lipinski definition) is 4. The predicted molar refractivity (Wildman–Crippen MR) is 105 cm³/mol. The lowest BCUT2D eigenvalue weighted by Crippen LogP contribution is -2.23. The largest absolute Gasteiger partial charge is 0.482 e. The fourth-order valence-corrected chi connectivity index (χ4v) is 3.40. The minimum absolute atomic E-state index is 0.149. The van der Waals surface area contributed by atoms with Gasteiger partial charge in [-0.2, -0.15) is 0 Å². The van der Waals surface area contributed by atoms with Crippen molar-refractivity contribution < 1.29 is 9.53 Å². The number of benzene rings is 1. The maximum Gasteiger partial charge on any atom is 0.262 e. The standard InChI is InChI=1S/C19H21Cl2N3O2/c20-13-6-8-17(16(21)10-13)26-12-19(25)24-15-7-9-18(22-11-15)23-14-4-2-1-3-5-14/h6-11,14H,1-5,12H2,(H,22,23)(H,24,25). The van der Waals surface area contributed by atoms with Crippen molar-refractivity contribution >= 4 is 40.6 Å². The molecular formula is C19H21Cl2N3O2. The van der Waals surface area contributed by atoms with Gasteiger partial charge in [-0.15, -0.1) is 0 Å². The van der Waals surface area contributed by atoms with Crippen molar-refractivity contribution in [2.75, 3.05) is 17.2 Å². The maximum atomic E-state index is 12.0. The Labute approximate surface area is 163 Å². The lowest BCUT2D eigenvalue weighted by molar-refractivity contribution is -0.118. The number of aromatic nitrogens is 1. The molecular weight excluding hydrogens is 373 g/mol. The molecule has 0 aliphatic heterocycles. The van der Waals surface area contributed by atoms with Crippen LogP contribution in [-0.4, -0.2) is 23.5 Å². The van der Waals surface area contributed by atoms with E-state index in [1.54, 1.807) is 24.4 Å². The van der Waals surface area contributed by atoms with Crippen molar-refractivity contribution in [2.45, 2.75) is 38.1 Å². The molecule has 1 aromatic carbocycles. The molecule has 0 spiro atoms. The summed E-state index contributed by atoms with van der Waals surface area (Å²) >= 11 is 11.8. The van der Waals surface area contributed by atoms with E-state index in [1.807, 2.05) is 12.1 Å². The third-order valence-electron chi connectivity index (χ3n) is 4.26. The average molecular weight is 394 g/mol. The monoisotopic (exact) mass is 393 g/mol. The molecule has 0 radical (unpaired) electrons. The molecule has 1 aliphatic rings. The number of nitrogens with zero attached hydrogens (tertiary/aromatic N) is 1. The first-order valence-corrected chi connectivity index (χ1v) is 9.46. The lowest BCUT2D eigenvalue weighted by Gasteiger charge is -2.23. The van der Waals surface area contributed by atoms with E-state index in [-0.39, 0.29) is 12.5 Å². The van der Waals surface area contributed by atoms with Crippen molar-refractivity contribution in [1.82, 2.24) is 4.98 Å². The van der Waals surface area contributed by atoms with E-state index in [2.05, 4.69) is 15.6 Å². The van der Waals surface area contributed by atoms with E-state index in [0.29, 0.717) is 27.5 Å². The van der Waals surface area contributed by atoms with Crippen molar-refractivity contribution in [2.24, 2.45) is 0 Å². The number of ether oxygens (including phenoxy) is 1. The zero-order valence-corrected chi connectivity index (χ0v) is 15.8. The summed E-state index contributed by atoms with van der Waals surface area (Å²) in [6, 6.07) is 9.05. The summed E-state index contributed by atoms with van der Waals surface area (Å²) < 4.78 is 5.41. The molecule has 0 unspecified atom stereocenters. The number of hydrogen-bond donors (Lipinski definition) is 2. The summed E-state index contributed by atoms with van der Waals surface area (Å²) in [5.41, 5.74) is 0.620. The van der Waals surface area contributed by atoms with Crippen LogP contribution in [0.5, 0.6) is 5.75 Å². The zero-order valence-electron chi connectivity index (χ0n) is 14.3. The van der Waals surface area contributed by atoms with Gasteiger partial charge in [0.15, 0.2) is 6.61 Å². The highest BCUT2D eigenvalue weighted by atomic mass is 35.5. The molecule has 3 rings (SSSR count). The first kappa shape index (κ1) is 18.8. The van der Waals surface area contributed by atoms with E-state index in [0.717, 1.165) is 5.82 Å². The summed E-state index contributed by atoms with van der Waals surface area (Å²) in [6.45, 7) is -0.149. The van der Waals surface area contributed by atoms with Gasteiger partial charge in [0.25, 0.3) is 5.91 Å². The number of nitrogens with one attached hydrogen (secondary N) is 2. The summed E-state index contributed by atoms with van der Waals surface area (Å²) in [7, 11) is 0. The van der Waals surface area contributed by atoms with Crippen molar-refractivity contribution in [3.8, 4) is 5.75 Å². The van der Waals surface area contributed by atoms with Crippen LogP contribution in [0.4, 0.5) is 11.5 Å². The second kappa shape index (κ2) is 9.10. The molecule has 1 aliphatic carbocycles. The smallest absolute Gasteiger partial charge is 0.262 e. The Bertz CT molecular complexity index is 747. The quantitative estimate of drug-likeness (QED) is 0.711. The van der Waals surface area contributed by atoms with Crippen LogP contribution < -0.4 is 15.4 Å². The topological polar surface area (TPSA) is 63.2 Å². The van der Waals surface area contributed by atoms with Gasteiger partial charge in [-0.1, -0.05) is 42.5 Å². The molecule has 1 aromatic heterocycles. The minimum Gasteiger partial charge on any atom is -0.482 e. The second-order valence-corrected chi connectivity index (χ2v) is 7.17. The SMILES string of the molecule is O=C(COc1ccc(Cl)cc1Cl)Nc1ccc(NC2CCCCC2)nc1. The Hall–Kier alpha value is -1.98. The van der Waals surface area contributed by atoms with Crippen LogP contribution in [0.1, 0.15) is 32.1 Å². The van der Waals surface area contributed by atoms with Crippen LogP contribution >= 0.6 is 23.2 Å². The van der Waals surface area contributed by atoms with E-state index < -0.39 is 0 Å². The number of anilines is 2. The predicted octanol–water partition coefficient (Wildman–Crippen LogP) is 5.15. The Morgan fingerprint density at radius 2 is 1.96 bits per heavy atom. The molecule has 2 aromatic rings. The first-order chi connectivity index (χ1) is 12.6. The number of rotatable bonds is 6. The Kier molecular flexibility index (Phi) is 6.58. The zero-order chi connectivity index (χ0) is 18.4. The number of pyridine rings is 1. The van der Waals surface area contributed by atoms with E-state index in [4.69, 9.17) is 27.9 Å². The number of amides is 1. The highest BCUT2D eigenvalue weighted by Gasteiger charge is 2.13. The van der Waals surface area contributed by atoms with Gasteiger partial charge in [-0.05, 0) is 43.2 Å². The molecule has 1 saturated carbocycles. The fraction of sp³-hybridized carbons (Fsp3) is 0.368. The van der Waals surface area contributed by atoms with Crippen molar-refractivity contribution in [3.05, 3.63) is 46.6 Å². The number of halogens is 2. The minimum atomic E-state index is -0.286. The third-order valence-corrected chi connectivity index (χ3v) is 4.79. The third kappa shape index (κ3) is 5.51. The van der Waals surface area contributed by atoms with Gasteiger partial charge >= 0.3 is 0 Å². The molecule has 5 nitrogen and oxygen atoms in total. The highest BCUT2D eigenvalue weighted by Crippen LogP contribution is 2.27. The van der Waals surface area contributed by atoms with Gasteiger partial charge in [-0.25, -0.2) is 4.98 Å². The Balaban J connectivity index is 1.47. The maximum absolute atomic E-state index is 12.0. The van der Waals surface area contributed by atoms with Gasteiger partial charge in [0, 0.05) is 11.1 Å². The molecule has 0 bridgehead atoms. The molecule has 2 N–H and O–H groups in total.